The molecule has 0 aliphatic heterocycles. The van der Waals surface area contributed by atoms with E-state index in [9.17, 15) is 18.0 Å². The third-order valence-corrected chi connectivity index (χ3v) is 5.49. The van der Waals surface area contributed by atoms with Crippen LogP contribution in [0.1, 0.15) is 10.4 Å². The maximum absolute atomic E-state index is 12.5. The molecule has 1 amide bonds. The van der Waals surface area contributed by atoms with E-state index in [2.05, 4.69) is 5.32 Å². The van der Waals surface area contributed by atoms with Gasteiger partial charge in [-0.2, -0.15) is 0 Å². The number of rotatable bonds is 7. The zero-order valence-electron chi connectivity index (χ0n) is 16.4. The topological polar surface area (TPSA) is 98.8 Å². The molecule has 0 aliphatic rings. The lowest BCUT2D eigenvalue weighted by molar-refractivity contribution is -0.119. The van der Waals surface area contributed by atoms with Crippen molar-refractivity contribution in [3.63, 3.8) is 0 Å². The lowest BCUT2D eigenvalue weighted by Gasteiger charge is -2.12. The number of esters is 1. The summed E-state index contributed by atoms with van der Waals surface area (Å²) in [6.45, 7) is -0.599. The Kier molecular flexibility index (Phi) is 6.94. The third-order valence-electron chi connectivity index (χ3n) is 4.05. The van der Waals surface area contributed by atoms with Crippen molar-refractivity contribution in [2.24, 2.45) is 0 Å². The summed E-state index contributed by atoms with van der Waals surface area (Å²) < 4.78 is 34.2. The summed E-state index contributed by atoms with van der Waals surface area (Å²) in [4.78, 5) is 24.7. The van der Waals surface area contributed by atoms with Gasteiger partial charge in [0.2, 0.25) is 0 Å². The molecule has 7 nitrogen and oxygen atoms in total. The van der Waals surface area contributed by atoms with Crippen molar-refractivity contribution < 1.29 is 27.5 Å². The van der Waals surface area contributed by atoms with E-state index in [1.165, 1.54) is 24.3 Å². The lowest BCUT2D eigenvalue weighted by atomic mass is 10.2. The van der Waals surface area contributed by atoms with Gasteiger partial charge in [-0.1, -0.05) is 41.9 Å². The van der Waals surface area contributed by atoms with Crippen LogP contribution >= 0.6 is 11.6 Å². The molecule has 0 fully saturated rings. The molecule has 31 heavy (non-hydrogen) atoms. The molecule has 0 heterocycles. The van der Waals surface area contributed by atoms with Crippen LogP contribution in [0.3, 0.4) is 0 Å². The van der Waals surface area contributed by atoms with Crippen molar-refractivity contribution in [1.82, 2.24) is 0 Å². The smallest absolute Gasteiger partial charge is 0.342 e. The van der Waals surface area contributed by atoms with Crippen LogP contribution in [0.5, 0.6) is 11.5 Å². The van der Waals surface area contributed by atoms with Gasteiger partial charge in [0.1, 0.15) is 17.1 Å². The zero-order valence-corrected chi connectivity index (χ0v) is 17.9. The van der Waals surface area contributed by atoms with Gasteiger partial charge < -0.3 is 14.8 Å². The van der Waals surface area contributed by atoms with E-state index in [-0.39, 0.29) is 26.9 Å². The first kappa shape index (κ1) is 22.3. The number of halogens is 1. The fourth-order valence-electron chi connectivity index (χ4n) is 2.57. The average Bonchev–Trinajstić information content (AvgIpc) is 2.74. The fraction of sp³-hybridized carbons (Fsp3) is 0.0909. The number of hydrogen-bond acceptors (Lipinski definition) is 6. The highest BCUT2D eigenvalue weighted by Gasteiger charge is 2.17. The minimum Gasteiger partial charge on any atom is -0.456 e. The van der Waals surface area contributed by atoms with Crippen LogP contribution in [-0.4, -0.2) is 33.2 Å². The standard InChI is InChI=1S/C22H18ClNO6S/c1-31(27,28)16-11-12-18(23)19(13-16)24-21(25)14-29-22(26)17-9-5-6-10-20(17)30-15-7-3-2-4-8-15/h2-13H,14H2,1H3,(H,24,25). The van der Waals surface area contributed by atoms with Crippen molar-refractivity contribution in [1.29, 1.82) is 0 Å². The summed E-state index contributed by atoms with van der Waals surface area (Å²) in [5.41, 5.74) is 0.245. The highest BCUT2D eigenvalue weighted by molar-refractivity contribution is 7.90. The maximum atomic E-state index is 12.5. The first-order valence-electron chi connectivity index (χ1n) is 9.02. The molecule has 3 aromatic rings. The van der Waals surface area contributed by atoms with Crippen molar-refractivity contribution in [3.05, 3.63) is 83.4 Å². The fourth-order valence-corrected chi connectivity index (χ4v) is 3.38. The molecular formula is C22H18ClNO6S. The highest BCUT2D eigenvalue weighted by Crippen LogP contribution is 2.27. The molecule has 0 radical (unpaired) electrons. The molecule has 0 bridgehead atoms. The molecule has 0 atom stereocenters. The number of nitrogens with one attached hydrogen (secondary N) is 1. The van der Waals surface area contributed by atoms with Gasteiger partial charge in [0, 0.05) is 6.26 Å². The normalized spacial score (nSPS) is 10.9. The van der Waals surface area contributed by atoms with Crippen LogP contribution in [0.15, 0.2) is 77.7 Å². The van der Waals surface area contributed by atoms with Gasteiger partial charge in [-0.3, -0.25) is 4.79 Å². The van der Waals surface area contributed by atoms with E-state index < -0.39 is 28.3 Å². The summed E-state index contributed by atoms with van der Waals surface area (Å²) in [6.07, 6.45) is 1.04. The Labute approximate surface area is 184 Å². The second-order valence-electron chi connectivity index (χ2n) is 6.45. The molecule has 0 aromatic heterocycles. The Morgan fingerprint density at radius 1 is 0.968 bits per heavy atom. The Bertz CT molecular complexity index is 1210. The number of para-hydroxylation sites is 2. The van der Waals surface area contributed by atoms with E-state index >= 15 is 0 Å². The van der Waals surface area contributed by atoms with E-state index in [0.717, 1.165) is 6.26 Å². The molecule has 3 aromatic carbocycles. The monoisotopic (exact) mass is 459 g/mol. The Morgan fingerprint density at radius 2 is 1.65 bits per heavy atom. The summed E-state index contributed by atoms with van der Waals surface area (Å²) in [7, 11) is -3.48. The summed E-state index contributed by atoms with van der Waals surface area (Å²) in [5, 5.41) is 2.59. The van der Waals surface area contributed by atoms with Crippen molar-refractivity contribution >= 4 is 39.0 Å². The van der Waals surface area contributed by atoms with Crippen LogP contribution in [-0.2, 0) is 19.4 Å². The van der Waals surface area contributed by atoms with E-state index in [0.29, 0.717) is 5.75 Å². The zero-order chi connectivity index (χ0) is 22.4. The van der Waals surface area contributed by atoms with Gasteiger partial charge in [0.15, 0.2) is 16.4 Å². The predicted molar refractivity (Wildman–Crippen MR) is 116 cm³/mol. The maximum Gasteiger partial charge on any atom is 0.342 e. The van der Waals surface area contributed by atoms with Crippen LogP contribution in [0.2, 0.25) is 5.02 Å². The Balaban J connectivity index is 1.66. The Morgan fingerprint density at radius 3 is 2.35 bits per heavy atom. The predicted octanol–water partition coefficient (Wildman–Crippen LogP) is 4.33. The van der Waals surface area contributed by atoms with Gasteiger partial charge in [0.25, 0.3) is 5.91 Å². The molecule has 0 saturated heterocycles. The molecule has 0 spiro atoms. The number of hydrogen-bond donors (Lipinski definition) is 1. The molecule has 160 valence electrons. The van der Waals surface area contributed by atoms with Crippen LogP contribution in [0, 0.1) is 0 Å². The molecule has 9 heteroatoms. The first-order valence-corrected chi connectivity index (χ1v) is 11.3. The molecule has 0 unspecified atom stereocenters. The van der Waals surface area contributed by atoms with Crippen LogP contribution in [0.25, 0.3) is 0 Å². The van der Waals surface area contributed by atoms with Gasteiger partial charge in [-0.15, -0.1) is 0 Å². The molecule has 0 aliphatic carbocycles. The molecule has 3 rings (SSSR count). The summed E-state index contributed by atoms with van der Waals surface area (Å²) in [6, 6.07) is 19.3. The summed E-state index contributed by atoms with van der Waals surface area (Å²) >= 11 is 6.01. The largest absolute Gasteiger partial charge is 0.456 e. The number of benzene rings is 3. The first-order chi connectivity index (χ1) is 14.7. The number of anilines is 1. The van der Waals surface area contributed by atoms with E-state index in [1.807, 2.05) is 6.07 Å². The highest BCUT2D eigenvalue weighted by atomic mass is 35.5. The molecule has 0 saturated carbocycles. The number of ether oxygens (including phenoxy) is 2. The van der Waals surface area contributed by atoms with Gasteiger partial charge >= 0.3 is 5.97 Å². The van der Waals surface area contributed by atoms with Gasteiger partial charge in [0.05, 0.1) is 15.6 Å². The quantitative estimate of drug-likeness (QED) is 0.528. The molecular weight excluding hydrogens is 442 g/mol. The van der Waals surface area contributed by atoms with Crippen LogP contribution in [0.4, 0.5) is 5.69 Å². The van der Waals surface area contributed by atoms with Gasteiger partial charge in [-0.25, -0.2) is 13.2 Å². The number of sulfone groups is 1. The number of amides is 1. The second-order valence-corrected chi connectivity index (χ2v) is 8.87. The van der Waals surface area contributed by atoms with Gasteiger partial charge in [-0.05, 0) is 42.5 Å². The van der Waals surface area contributed by atoms with E-state index in [4.69, 9.17) is 21.1 Å². The number of carbonyl (C=O) groups excluding carboxylic acids is 2. The lowest BCUT2D eigenvalue weighted by Crippen LogP contribution is -2.21. The number of carbonyl (C=O) groups is 2. The summed E-state index contributed by atoms with van der Waals surface area (Å²) in [5.74, 6) is -0.607. The second kappa shape index (κ2) is 9.63. The van der Waals surface area contributed by atoms with Crippen molar-refractivity contribution in [2.45, 2.75) is 4.90 Å². The van der Waals surface area contributed by atoms with Crippen molar-refractivity contribution in [3.8, 4) is 11.5 Å². The minimum absolute atomic E-state index is 0.00353. The SMILES string of the molecule is CS(=O)(=O)c1ccc(Cl)c(NC(=O)COC(=O)c2ccccc2Oc2ccccc2)c1. The third kappa shape index (κ3) is 6.07. The molecule has 1 N–H and O–H groups in total. The average molecular weight is 460 g/mol. The van der Waals surface area contributed by atoms with E-state index in [1.54, 1.807) is 42.5 Å². The minimum atomic E-state index is -3.48. The van der Waals surface area contributed by atoms with Crippen LogP contribution < -0.4 is 10.1 Å². The Hall–Kier alpha value is -3.36. The van der Waals surface area contributed by atoms with Crippen molar-refractivity contribution in [2.75, 3.05) is 18.2 Å².